The number of hydrogen-bond acceptors (Lipinski definition) is 3. The van der Waals surface area contributed by atoms with Crippen LogP contribution in [0.1, 0.15) is 33.1 Å². The molecule has 0 aliphatic carbocycles. The lowest BCUT2D eigenvalue weighted by Gasteiger charge is -2.31. The highest BCUT2D eigenvalue weighted by molar-refractivity contribution is 5.75. The van der Waals surface area contributed by atoms with E-state index in [-0.39, 0.29) is 11.3 Å². The largest absolute Gasteiger partial charge is 0.356 e. The van der Waals surface area contributed by atoms with E-state index in [1.165, 1.54) is 13.0 Å². The molecule has 1 unspecified atom stereocenters. The number of rotatable bonds is 6. The number of likely N-dealkylation sites (tertiary alicyclic amines) is 1. The van der Waals surface area contributed by atoms with E-state index in [1.807, 2.05) is 0 Å². The van der Waals surface area contributed by atoms with Crippen LogP contribution in [0.2, 0.25) is 0 Å². The number of amides is 1. The maximum Gasteiger partial charge on any atom is 0.220 e. The van der Waals surface area contributed by atoms with E-state index in [0.29, 0.717) is 18.9 Å². The molecule has 1 rings (SSSR count). The Kier molecular flexibility index (Phi) is 5.40. The average Bonchev–Trinajstić information content (AvgIpc) is 2.71. The molecule has 0 aromatic heterocycles. The van der Waals surface area contributed by atoms with Crippen molar-refractivity contribution in [2.24, 2.45) is 17.1 Å². The van der Waals surface area contributed by atoms with Crippen LogP contribution in [-0.2, 0) is 4.79 Å². The van der Waals surface area contributed by atoms with Gasteiger partial charge in [0.2, 0.25) is 5.91 Å². The Bertz CT molecular complexity index is 253. The van der Waals surface area contributed by atoms with Gasteiger partial charge < -0.3 is 16.0 Å². The lowest BCUT2D eigenvalue weighted by Crippen LogP contribution is -2.39. The minimum absolute atomic E-state index is 0.134. The fourth-order valence-electron chi connectivity index (χ4n) is 2.39. The molecule has 17 heavy (non-hydrogen) atoms. The first-order chi connectivity index (χ1) is 7.95. The molecule has 1 fully saturated rings. The van der Waals surface area contributed by atoms with Gasteiger partial charge in [0, 0.05) is 19.5 Å². The molecule has 1 amide bonds. The highest BCUT2D eigenvalue weighted by Gasteiger charge is 2.33. The minimum Gasteiger partial charge on any atom is -0.356 e. The zero-order valence-electron chi connectivity index (χ0n) is 11.5. The summed E-state index contributed by atoms with van der Waals surface area (Å²) in [5.41, 5.74) is 5.57. The predicted octanol–water partition coefficient (Wildman–Crippen LogP) is 0.819. The maximum absolute atomic E-state index is 11.6. The lowest BCUT2D eigenvalue weighted by molar-refractivity contribution is -0.121. The molecular weight excluding hydrogens is 214 g/mol. The Morgan fingerprint density at radius 1 is 1.53 bits per heavy atom. The molecule has 1 atom stereocenters. The zero-order valence-corrected chi connectivity index (χ0v) is 11.5. The summed E-state index contributed by atoms with van der Waals surface area (Å²) in [5.74, 6) is 0.817. The van der Waals surface area contributed by atoms with E-state index >= 15 is 0 Å². The Morgan fingerprint density at radius 2 is 2.24 bits per heavy atom. The second kappa shape index (κ2) is 6.36. The molecule has 1 heterocycles. The summed E-state index contributed by atoms with van der Waals surface area (Å²) in [6.45, 7) is 8.18. The van der Waals surface area contributed by atoms with Crippen LogP contribution < -0.4 is 11.1 Å². The number of carbonyl (C=O) groups is 1. The van der Waals surface area contributed by atoms with Crippen molar-refractivity contribution in [2.75, 3.05) is 33.2 Å². The summed E-state index contributed by atoms with van der Waals surface area (Å²) in [5, 5.41) is 3.04. The van der Waals surface area contributed by atoms with Gasteiger partial charge in [0.15, 0.2) is 0 Å². The molecular formula is C13H27N3O. The molecule has 0 aromatic rings. The molecule has 0 bridgehead atoms. The van der Waals surface area contributed by atoms with Crippen LogP contribution in [0.5, 0.6) is 0 Å². The third-order valence-electron chi connectivity index (χ3n) is 3.85. The number of nitrogens with zero attached hydrogens (tertiary/aromatic N) is 1. The summed E-state index contributed by atoms with van der Waals surface area (Å²) in [6.07, 6.45) is 2.57. The molecule has 100 valence electrons. The topological polar surface area (TPSA) is 58.4 Å². The first-order valence-corrected chi connectivity index (χ1v) is 6.61. The van der Waals surface area contributed by atoms with Crippen LogP contribution in [0.25, 0.3) is 0 Å². The van der Waals surface area contributed by atoms with E-state index < -0.39 is 0 Å². The van der Waals surface area contributed by atoms with Crippen molar-refractivity contribution in [3.05, 3.63) is 0 Å². The third-order valence-corrected chi connectivity index (χ3v) is 3.85. The van der Waals surface area contributed by atoms with Gasteiger partial charge in [0.1, 0.15) is 0 Å². The fraction of sp³-hybridized carbons (Fsp3) is 0.923. The van der Waals surface area contributed by atoms with Crippen molar-refractivity contribution < 1.29 is 4.79 Å². The molecule has 1 aliphatic rings. The standard InChI is InChI=1S/C13H27N3O/c1-13(2,11-6-8-16(3)9-11)10-15-12(17)5-4-7-14/h11H,4-10,14H2,1-3H3,(H,15,17). The van der Waals surface area contributed by atoms with Crippen LogP contribution in [0.3, 0.4) is 0 Å². The Labute approximate surface area is 105 Å². The summed E-state index contributed by atoms with van der Waals surface area (Å²) in [7, 11) is 2.16. The number of hydrogen-bond donors (Lipinski definition) is 2. The van der Waals surface area contributed by atoms with Gasteiger partial charge in [0.05, 0.1) is 0 Å². The monoisotopic (exact) mass is 241 g/mol. The minimum atomic E-state index is 0.134. The van der Waals surface area contributed by atoms with E-state index in [2.05, 4.69) is 31.1 Å². The smallest absolute Gasteiger partial charge is 0.220 e. The van der Waals surface area contributed by atoms with Gasteiger partial charge in [-0.1, -0.05) is 13.8 Å². The van der Waals surface area contributed by atoms with Crippen LogP contribution in [-0.4, -0.2) is 44.0 Å². The van der Waals surface area contributed by atoms with E-state index in [1.54, 1.807) is 0 Å². The quantitative estimate of drug-likeness (QED) is 0.724. The van der Waals surface area contributed by atoms with Crippen LogP contribution in [0.15, 0.2) is 0 Å². The Morgan fingerprint density at radius 3 is 2.76 bits per heavy atom. The molecule has 0 saturated carbocycles. The molecule has 4 nitrogen and oxygen atoms in total. The van der Waals surface area contributed by atoms with Crippen LogP contribution in [0, 0.1) is 11.3 Å². The zero-order chi connectivity index (χ0) is 12.9. The second-order valence-corrected chi connectivity index (χ2v) is 5.91. The highest BCUT2D eigenvalue weighted by atomic mass is 16.1. The summed E-state index contributed by atoms with van der Waals surface area (Å²) >= 11 is 0. The van der Waals surface area contributed by atoms with E-state index in [4.69, 9.17) is 5.73 Å². The van der Waals surface area contributed by atoms with Crippen molar-refractivity contribution >= 4 is 5.91 Å². The van der Waals surface area contributed by atoms with Crippen molar-refractivity contribution in [3.63, 3.8) is 0 Å². The van der Waals surface area contributed by atoms with E-state index in [0.717, 1.165) is 19.5 Å². The van der Waals surface area contributed by atoms with Crippen LogP contribution >= 0.6 is 0 Å². The molecule has 0 radical (unpaired) electrons. The first-order valence-electron chi connectivity index (χ1n) is 6.61. The summed E-state index contributed by atoms with van der Waals surface area (Å²) in [6, 6.07) is 0. The first kappa shape index (κ1) is 14.5. The van der Waals surface area contributed by atoms with Gasteiger partial charge in [-0.2, -0.15) is 0 Å². The van der Waals surface area contributed by atoms with Crippen molar-refractivity contribution in [3.8, 4) is 0 Å². The van der Waals surface area contributed by atoms with Crippen LogP contribution in [0.4, 0.5) is 0 Å². The van der Waals surface area contributed by atoms with Gasteiger partial charge in [-0.05, 0) is 44.3 Å². The summed E-state index contributed by atoms with van der Waals surface area (Å²) in [4.78, 5) is 13.9. The van der Waals surface area contributed by atoms with Gasteiger partial charge in [-0.3, -0.25) is 4.79 Å². The number of nitrogens with two attached hydrogens (primary N) is 1. The van der Waals surface area contributed by atoms with Gasteiger partial charge in [0.25, 0.3) is 0 Å². The lowest BCUT2D eigenvalue weighted by atomic mass is 9.78. The van der Waals surface area contributed by atoms with Crippen molar-refractivity contribution in [1.29, 1.82) is 0 Å². The van der Waals surface area contributed by atoms with Gasteiger partial charge in [-0.15, -0.1) is 0 Å². The summed E-state index contributed by atoms with van der Waals surface area (Å²) < 4.78 is 0. The molecule has 0 spiro atoms. The Hall–Kier alpha value is -0.610. The SMILES string of the molecule is CN1CCC(C(C)(C)CNC(=O)CCCN)C1. The van der Waals surface area contributed by atoms with Gasteiger partial charge in [-0.25, -0.2) is 0 Å². The fourth-order valence-corrected chi connectivity index (χ4v) is 2.39. The van der Waals surface area contributed by atoms with Crippen molar-refractivity contribution in [1.82, 2.24) is 10.2 Å². The predicted molar refractivity (Wildman–Crippen MR) is 70.7 cm³/mol. The highest BCUT2D eigenvalue weighted by Crippen LogP contribution is 2.33. The molecule has 1 saturated heterocycles. The molecule has 4 heteroatoms. The molecule has 3 N–H and O–H groups in total. The number of carbonyl (C=O) groups excluding carboxylic acids is 1. The third kappa shape index (κ3) is 4.64. The molecule has 0 aromatic carbocycles. The molecule has 1 aliphatic heterocycles. The average molecular weight is 241 g/mol. The maximum atomic E-state index is 11.6. The normalized spacial score (nSPS) is 21.8. The Balaban J connectivity index is 2.31. The van der Waals surface area contributed by atoms with Gasteiger partial charge >= 0.3 is 0 Å². The van der Waals surface area contributed by atoms with Crippen molar-refractivity contribution in [2.45, 2.75) is 33.1 Å². The van der Waals surface area contributed by atoms with E-state index in [9.17, 15) is 4.79 Å². The number of nitrogens with one attached hydrogen (secondary N) is 1. The second-order valence-electron chi connectivity index (χ2n) is 5.91.